The molecule has 1 aromatic heterocycles. The van der Waals surface area contributed by atoms with Crippen molar-refractivity contribution < 1.29 is 43.3 Å². The van der Waals surface area contributed by atoms with Crippen LogP contribution in [-0.2, 0) is 28.6 Å². The van der Waals surface area contributed by atoms with E-state index in [1.54, 1.807) is 32.0 Å². The smallest absolute Gasteiger partial charge is 0.489 e. The summed E-state index contributed by atoms with van der Waals surface area (Å²) in [6, 6.07) is 7.31. The molecule has 1 saturated heterocycles. The summed E-state index contributed by atoms with van der Waals surface area (Å²) < 4.78 is 21.0. The van der Waals surface area contributed by atoms with Crippen molar-refractivity contribution in [3.63, 3.8) is 0 Å². The van der Waals surface area contributed by atoms with Crippen LogP contribution in [0.15, 0.2) is 46.1 Å². The molecule has 2 aliphatic heterocycles. The number of benzene rings is 1. The molecule has 0 bridgehead atoms. The van der Waals surface area contributed by atoms with Crippen molar-refractivity contribution in [3.05, 3.63) is 52.2 Å². The number of hydrogen-bond acceptors (Lipinski definition) is 15. The normalized spacial score (nSPS) is 18.6. The summed E-state index contributed by atoms with van der Waals surface area (Å²) in [5, 5.41) is 24.9. The van der Waals surface area contributed by atoms with Gasteiger partial charge in [-0.15, -0.1) is 23.1 Å². The Labute approximate surface area is 253 Å². The van der Waals surface area contributed by atoms with E-state index in [1.807, 2.05) is 6.07 Å². The summed E-state index contributed by atoms with van der Waals surface area (Å²) in [4.78, 5) is 56.5. The van der Waals surface area contributed by atoms with Crippen LogP contribution in [0.25, 0.3) is 0 Å². The van der Waals surface area contributed by atoms with Crippen LogP contribution in [0.5, 0.6) is 5.75 Å². The van der Waals surface area contributed by atoms with Crippen LogP contribution in [0.1, 0.15) is 32.0 Å². The highest BCUT2D eigenvalue weighted by Gasteiger charge is 2.55. The lowest BCUT2D eigenvalue weighted by Gasteiger charge is -2.49. The predicted molar refractivity (Wildman–Crippen MR) is 152 cm³/mol. The summed E-state index contributed by atoms with van der Waals surface area (Å²) in [5.41, 5.74) is 5.78. The number of nitrogen functional groups attached to an aromatic ring is 1. The van der Waals surface area contributed by atoms with Crippen molar-refractivity contribution in [3.8, 4) is 11.8 Å². The zero-order chi connectivity index (χ0) is 31.3. The van der Waals surface area contributed by atoms with Crippen molar-refractivity contribution in [2.75, 3.05) is 18.1 Å². The van der Waals surface area contributed by atoms with Gasteiger partial charge in [0.05, 0.1) is 17.7 Å². The Hall–Kier alpha value is -4.82. The van der Waals surface area contributed by atoms with Gasteiger partial charge < -0.3 is 35.2 Å². The molecule has 2 amide bonds. The molecule has 226 valence electrons. The first-order valence-electron chi connectivity index (χ1n) is 12.6. The number of rotatable bonds is 10. The molecule has 0 radical (unpaired) electrons. The number of nitrogens with zero attached hydrogens (tertiary/aromatic N) is 4. The Morgan fingerprint density at radius 2 is 2.05 bits per heavy atom. The average molecular weight is 631 g/mol. The van der Waals surface area contributed by atoms with E-state index in [-0.39, 0.29) is 28.9 Å². The summed E-state index contributed by atoms with van der Waals surface area (Å²) in [6.07, 6.45) is -2.88. The number of thiazole rings is 1. The SMILES string of the molecule is CC(C)OC(=O)OC(C)OC(=O)C1=C(COc2cccc(C#N)c2)CS[C@H]2C(NC(=O)C(=NO)c3csc(N)n3)C(=O)N12. The Bertz CT molecular complexity index is 1530. The fraction of sp³-hybridized carbons (Fsp3) is 0.346. The van der Waals surface area contributed by atoms with E-state index in [9.17, 15) is 24.4 Å². The third-order valence-electron chi connectivity index (χ3n) is 5.85. The quantitative estimate of drug-likeness (QED) is 0.0855. The van der Waals surface area contributed by atoms with E-state index >= 15 is 0 Å². The van der Waals surface area contributed by atoms with E-state index in [0.29, 0.717) is 16.9 Å². The van der Waals surface area contributed by atoms with Crippen molar-refractivity contribution in [2.45, 2.75) is 44.6 Å². The zero-order valence-corrected chi connectivity index (χ0v) is 24.6. The van der Waals surface area contributed by atoms with Gasteiger partial charge in [-0.05, 0) is 32.0 Å². The van der Waals surface area contributed by atoms with Crippen LogP contribution in [0, 0.1) is 11.3 Å². The third-order valence-corrected chi connectivity index (χ3v) is 7.86. The Morgan fingerprint density at radius 1 is 1.28 bits per heavy atom. The predicted octanol–water partition coefficient (Wildman–Crippen LogP) is 1.96. The number of carbonyl (C=O) groups excluding carboxylic acids is 4. The highest BCUT2D eigenvalue weighted by molar-refractivity contribution is 8.00. The molecule has 43 heavy (non-hydrogen) atoms. The van der Waals surface area contributed by atoms with E-state index < -0.39 is 53.5 Å². The first-order chi connectivity index (χ1) is 20.5. The van der Waals surface area contributed by atoms with E-state index in [1.165, 1.54) is 30.1 Å². The standard InChI is InChI=1S/C26H26N6O9S2/c1-12(2)39-26(36)41-13(3)40-24(35)20-15(9-38-16-6-4-5-14(7-16)8-27)10-42-23-19(22(34)32(20)23)30-21(33)18(31-37)17-11-43-25(28)29-17/h4-7,11-13,19,23,37H,9-10H2,1-3H3,(H2,28,29)(H,30,33)/t13?,19?,23-/m0/s1. The molecular formula is C26H26N6O9S2. The lowest BCUT2D eigenvalue weighted by molar-refractivity contribution is -0.169. The molecular weight excluding hydrogens is 604 g/mol. The molecule has 2 aromatic rings. The first kappa shape index (κ1) is 31.1. The fourth-order valence-electron chi connectivity index (χ4n) is 4.01. The van der Waals surface area contributed by atoms with Gasteiger partial charge in [-0.2, -0.15) is 5.26 Å². The van der Waals surface area contributed by atoms with Gasteiger partial charge in [-0.3, -0.25) is 14.5 Å². The number of ether oxygens (including phenoxy) is 4. The number of hydrogen-bond donors (Lipinski definition) is 3. The van der Waals surface area contributed by atoms with Gasteiger partial charge in [-0.1, -0.05) is 11.2 Å². The number of oxime groups is 1. The average Bonchev–Trinajstić information content (AvgIpc) is 3.39. The Morgan fingerprint density at radius 3 is 2.70 bits per heavy atom. The number of nitrogens with two attached hydrogens (primary N) is 1. The van der Waals surface area contributed by atoms with Crippen molar-refractivity contribution in [2.24, 2.45) is 5.16 Å². The van der Waals surface area contributed by atoms with Crippen LogP contribution in [0.4, 0.5) is 9.93 Å². The number of thioether (sulfide) groups is 1. The lowest BCUT2D eigenvalue weighted by Crippen LogP contribution is -2.71. The van der Waals surface area contributed by atoms with Gasteiger partial charge in [0.25, 0.3) is 11.8 Å². The minimum absolute atomic E-state index is 0.0245. The molecule has 0 saturated carbocycles. The van der Waals surface area contributed by atoms with Gasteiger partial charge in [-0.25, -0.2) is 14.6 Å². The largest absolute Gasteiger partial charge is 0.511 e. The minimum Gasteiger partial charge on any atom is -0.489 e. The first-order valence-corrected chi connectivity index (χ1v) is 14.6. The number of esters is 1. The Kier molecular flexibility index (Phi) is 9.73. The van der Waals surface area contributed by atoms with Crippen LogP contribution >= 0.6 is 23.1 Å². The highest BCUT2D eigenvalue weighted by atomic mass is 32.2. The summed E-state index contributed by atoms with van der Waals surface area (Å²) in [7, 11) is 0. The monoisotopic (exact) mass is 630 g/mol. The third kappa shape index (κ3) is 7.16. The molecule has 4 rings (SSSR count). The maximum absolute atomic E-state index is 13.4. The van der Waals surface area contributed by atoms with Crippen LogP contribution in [0.2, 0.25) is 0 Å². The number of aromatic nitrogens is 1. The second-order valence-electron chi connectivity index (χ2n) is 9.27. The number of amides is 2. The van der Waals surface area contributed by atoms with E-state index in [0.717, 1.165) is 16.2 Å². The molecule has 15 nitrogen and oxygen atoms in total. The maximum Gasteiger partial charge on any atom is 0.511 e. The van der Waals surface area contributed by atoms with Crippen molar-refractivity contribution in [1.29, 1.82) is 5.26 Å². The molecule has 1 fully saturated rings. The summed E-state index contributed by atoms with van der Waals surface area (Å²) in [6.45, 7) is 4.40. The van der Waals surface area contributed by atoms with Gasteiger partial charge in [0.2, 0.25) is 6.29 Å². The number of β-lactam (4-membered cyclic amide) rings is 1. The number of fused-ring (bicyclic) bond motifs is 1. The number of nitrogens with one attached hydrogen (secondary N) is 1. The Balaban J connectivity index is 1.54. The van der Waals surface area contributed by atoms with Crippen LogP contribution < -0.4 is 15.8 Å². The molecule has 2 unspecified atom stereocenters. The molecule has 3 heterocycles. The van der Waals surface area contributed by atoms with Crippen molar-refractivity contribution >= 4 is 57.9 Å². The molecule has 4 N–H and O–H groups in total. The van der Waals surface area contributed by atoms with E-state index in [2.05, 4.69) is 15.5 Å². The topological polar surface area (TPSA) is 216 Å². The number of nitriles is 1. The van der Waals surface area contributed by atoms with Crippen LogP contribution in [-0.4, -0.2) is 80.9 Å². The second-order valence-corrected chi connectivity index (χ2v) is 11.3. The van der Waals surface area contributed by atoms with Gasteiger partial charge in [0, 0.05) is 23.6 Å². The zero-order valence-electron chi connectivity index (χ0n) is 23.0. The summed E-state index contributed by atoms with van der Waals surface area (Å²) in [5.74, 6) is -1.95. The van der Waals surface area contributed by atoms with Crippen LogP contribution in [0.3, 0.4) is 0 Å². The minimum atomic E-state index is -1.37. The lowest BCUT2D eigenvalue weighted by atomic mass is 10.0. The van der Waals surface area contributed by atoms with Gasteiger partial charge in [0.15, 0.2) is 10.8 Å². The van der Waals surface area contributed by atoms with Crippen molar-refractivity contribution in [1.82, 2.24) is 15.2 Å². The number of anilines is 1. The molecule has 1 aromatic carbocycles. The maximum atomic E-state index is 13.4. The molecule has 3 atom stereocenters. The van der Waals surface area contributed by atoms with E-state index in [4.69, 9.17) is 29.9 Å². The molecule has 0 aliphatic carbocycles. The highest BCUT2D eigenvalue weighted by Crippen LogP contribution is 2.41. The molecule has 17 heteroatoms. The van der Waals surface area contributed by atoms with Gasteiger partial charge in [0.1, 0.15) is 35.2 Å². The number of carbonyl (C=O) groups is 4. The second kappa shape index (κ2) is 13.4. The summed E-state index contributed by atoms with van der Waals surface area (Å²) >= 11 is 2.28. The fourth-order valence-corrected chi connectivity index (χ4v) is 5.89. The van der Waals surface area contributed by atoms with Gasteiger partial charge >= 0.3 is 12.1 Å². The molecule has 0 spiro atoms. The molecule has 2 aliphatic rings.